The van der Waals surface area contributed by atoms with Gasteiger partial charge in [-0.25, -0.2) is 4.39 Å². The molecule has 0 unspecified atom stereocenters. The third-order valence-corrected chi connectivity index (χ3v) is 1.97. The zero-order valence-electron chi connectivity index (χ0n) is 7.20. The van der Waals surface area contributed by atoms with Crippen LogP contribution in [-0.4, -0.2) is 20.3 Å². The van der Waals surface area contributed by atoms with E-state index in [-0.39, 0.29) is 12.9 Å². The molecule has 0 N–H and O–H groups in total. The third kappa shape index (κ3) is 2.08. The zero-order valence-corrected chi connectivity index (χ0v) is 7.20. The number of halogens is 1. The van der Waals surface area contributed by atoms with Crippen LogP contribution in [0.4, 0.5) is 4.39 Å². The maximum atomic E-state index is 12.6. The Morgan fingerprint density at radius 1 is 1.08 bits per heavy atom. The largest absolute Gasteiger partial charge is 0.493 e. The summed E-state index contributed by atoms with van der Waals surface area (Å²) in [7, 11) is -0.311. The minimum absolute atomic E-state index is 0.237. The Morgan fingerprint density at radius 3 is 2.31 bits per heavy atom. The Morgan fingerprint density at radius 2 is 1.69 bits per heavy atom. The number of hydrogen-bond acceptors (Lipinski definition) is 2. The Kier molecular flexibility index (Phi) is 2.61. The van der Waals surface area contributed by atoms with Crippen LogP contribution in [-0.2, 0) is 9.31 Å². The van der Waals surface area contributed by atoms with E-state index in [1.165, 1.54) is 12.1 Å². The average molecular weight is 180 g/mol. The molecule has 13 heavy (non-hydrogen) atoms. The van der Waals surface area contributed by atoms with Crippen molar-refractivity contribution in [1.82, 2.24) is 0 Å². The van der Waals surface area contributed by atoms with E-state index in [9.17, 15) is 4.39 Å². The molecule has 0 radical (unpaired) electrons. The first kappa shape index (κ1) is 8.72. The van der Waals surface area contributed by atoms with E-state index in [0.29, 0.717) is 13.2 Å². The van der Waals surface area contributed by atoms with Gasteiger partial charge in [0.1, 0.15) is 5.82 Å². The molecule has 0 amide bonds. The van der Waals surface area contributed by atoms with Crippen molar-refractivity contribution in [2.75, 3.05) is 13.2 Å². The monoisotopic (exact) mass is 180 g/mol. The molecule has 0 atom stereocenters. The van der Waals surface area contributed by atoms with E-state index in [0.717, 1.165) is 11.9 Å². The Labute approximate surface area is 76.8 Å². The van der Waals surface area contributed by atoms with E-state index in [2.05, 4.69) is 0 Å². The minimum Gasteiger partial charge on any atom is -0.407 e. The van der Waals surface area contributed by atoms with Crippen LogP contribution in [0.25, 0.3) is 0 Å². The molecule has 0 bridgehead atoms. The SMILES string of the molecule is Fc1ccc(B2OCCCO2)cc1. The van der Waals surface area contributed by atoms with Gasteiger partial charge in [0.25, 0.3) is 0 Å². The molecule has 2 nitrogen and oxygen atoms in total. The summed E-state index contributed by atoms with van der Waals surface area (Å²) >= 11 is 0. The van der Waals surface area contributed by atoms with Crippen molar-refractivity contribution in [3.05, 3.63) is 30.1 Å². The molecular formula is C9H10BFO2. The topological polar surface area (TPSA) is 18.5 Å². The van der Waals surface area contributed by atoms with Gasteiger partial charge in [-0.15, -0.1) is 0 Å². The fourth-order valence-electron chi connectivity index (χ4n) is 1.30. The Bertz CT molecular complexity index is 269. The highest BCUT2D eigenvalue weighted by molar-refractivity contribution is 6.61. The zero-order chi connectivity index (χ0) is 9.10. The summed E-state index contributed by atoms with van der Waals surface area (Å²) in [5, 5.41) is 0. The fraction of sp³-hybridized carbons (Fsp3) is 0.333. The summed E-state index contributed by atoms with van der Waals surface area (Å²) in [6, 6.07) is 6.20. The lowest BCUT2D eigenvalue weighted by atomic mass is 9.78. The van der Waals surface area contributed by atoms with E-state index < -0.39 is 0 Å². The molecule has 68 valence electrons. The van der Waals surface area contributed by atoms with Crippen molar-refractivity contribution in [1.29, 1.82) is 0 Å². The van der Waals surface area contributed by atoms with Crippen molar-refractivity contribution < 1.29 is 13.7 Å². The van der Waals surface area contributed by atoms with Gasteiger partial charge >= 0.3 is 7.12 Å². The second-order valence-electron chi connectivity index (χ2n) is 2.98. The summed E-state index contributed by atoms with van der Waals surface area (Å²) in [6.45, 7) is 1.42. The molecule has 1 aromatic rings. The summed E-state index contributed by atoms with van der Waals surface area (Å²) in [5.74, 6) is -0.237. The lowest BCUT2D eigenvalue weighted by Crippen LogP contribution is -2.40. The van der Waals surface area contributed by atoms with Gasteiger partial charge in [0.05, 0.1) is 0 Å². The Hall–Kier alpha value is -0.865. The fourth-order valence-corrected chi connectivity index (χ4v) is 1.30. The quantitative estimate of drug-likeness (QED) is 0.599. The number of benzene rings is 1. The van der Waals surface area contributed by atoms with E-state index >= 15 is 0 Å². The van der Waals surface area contributed by atoms with Gasteiger partial charge in [-0.2, -0.15) is 0 Å². The lowest BCUT2D eigenvalue weighted by molar-refractivity contribution is 0.143. The highest BCUT2D eigenvalue weighted by Crippen LogP contribution is 2.02. The molecular weight excluding hydrogens is 170 g/mol. The van der Waals surface area contributed by atoms with Gasteiger partial charge in [-0.1, -0.05) is 12.1 Å². The molecule has 0 aromatic heterocycles. The van der Waals surface area contributed by atoms with Crippen molar-refractivity contribution in [3.8, 4) is 0 Å². The summed E-state index contributed by atoms with van der Waals surface area (Å²) < 4.78 is 23.3. The van der Waals surface area contributed by atoms with E-state index in [1.54, 1.807) is 12.1 Å². The van der Waals surface area contributed by atoms with Crippen LogP contribution in [0.3, 0.4) is 0 Å². The lowest BCUT2D eigenvalue weighted by Gasteiger charge is -2.19. The van der Waals surface area contributed by atoms with Crippen LogP contribution in [0.5, 0.6) is 0 Å². The molecule has 1 fully saturated rings. The molecule has 0 saturated carbocycles. The molecule has 0 aliphatic carbocycles. The molecule has 1 heterocycles. The van der Waals surface area contributed by atoms with Crippen LogP contribution in [0.2, 0.25) is 0 Å². The first-order chi connectivity index (χ1) is 6.36. The summed E-state index contributed by atoms with van der Waals surface area (Å²) in [6.07, 6.45) is 0.928. The highest BCUT2D eigenvalue weighted by Gasteiger charge is 2.23. The average Bonchev–Trinajstić information content (AvgIpc) is 2.20. The molecule has 4 heteroatoms. The van der Waals surface area contributed by atoms with Crippen LogP contribution >= 0.6 is 0 Å². The van der Waals surface area contributed by atoms with Crippen LogP contribution in [0.15, 0.2) is 24.3 Å². The standard InChI is InChI=1S/C9H10BFO2/c11-9-4-2-8(3-5-9)10-12-6-1-7-13-10/h2-5H,1,6-7H2. The summed E-state index contributed by atoms with van der Waals surface area (Å²) in [5.41, 5.74) is 0.876. The first-order valence-corrected chi connectivity index (χ1v) is 4.35. The molecule has 1 aliphatic heterocycles. The molecule has 0 spiro atoms. The van der Waals surface area contributed by atoms with Gasteiger partial charge < -0.3 is 9.31 Å². The third-order valence-electron chi connectivity index (χ3n) is 1.97. The molecule has 2 rings (SSSR count). The normalized spacial score (nSPS) is 17.5. The van der Waals surface area contributed by atoms with Gasteiger partial charge in [-0.05, 0) is 24.0 Å². The maximum Gasteiger partial charge on any atom is 0.493 e. The van der Waals surface area contributed by atoms with Gasteiger partial charge in [0.2, 0.25) is 0 Å². The van der Waals surface area contributed by atoms with Gasteiger partial charge in [0.15, 0.2) is 0 Å². The molecule has 1 aliphatic rings. The summed E-state index contributed by atoms with van der Waals surface area (Å²) in [4.78, 5) is 0. The van der Waals surface area contributed by atoms with E-state index in [4.69, 9.17) is 9.31 Å². The second kappa shape index (κ2) is 3.90. The van der Waals surface area contributed by atoms with E-state index in [1.807, 2.05) is 0 Å². The van der Waals surface area contributed by atoms with Crippen molar-refractivity contribution in [2.45, 2.75) is 6.42 Å². The molecule has 1 aromatic carbocycles. The van der Waals surface area contributed by atoms with Gasteiger partial charge in [-0.3, -0.25) is 0 Å². The van der Waals surface area contributed by atoms with Crippen molar-refractivity contribution in [3.63, 3.8) is 0 Å². The van der Waals surface area contributed by atoms with Crippen molar-refractivity contribution in [2.24, 2.45) is 0 Å². The van der Waals surface area contributed by atoms with Crippen LogP contribution in [0.1, 0.15) is 6.42 Å². The van der Waals surface area contributed by atoms with Crippen LogP contribution < -0.4 is 5.46 Å². The second-order valence-corrected chi connectivity index (χ2v) is 2.98. The minimum atomic E-state index is -0.311. The smallest absolute Gasteiger partial charge is 0.407 e. The van der Waals surface area contributed by atoms with Crippen LogP contribution in [0, 0.1) is 5.82 Å². The number of rotatable bonds is 1. The van der Waals surface area contributed by atoms with Gasteiger partial charge in [0, 0.05) is 13.2 Å². The van der Waals surface area contributed by atoms with Crippen molar-refractivity contribution >= 4 is 12.6 Å². The predicted molar refractivity (Wildman–Crippen MR) is 48.3 cm³/mol. The first-order valence-electron chi connectivity index (χ1n) is 4.35. The molecule has 1 saturated heterocycles. The highest BCUT2D eigenvalue weighted by atomic mass is 19.1. The predicted octanol–water partition coefficient (Wildman–Crippen LogP) is 0.958. The maximum absolute atomic E-state index is 12.6. The Balaban J connectivity index is 2.10. The number of hydrogen-bond donors (Lipinski definition) is 0.